The number of carbonyl (C=O) groups excluding carboxylic acids is 1. The second kappa shape index (κ2) is 7.03. The molecule has 0 radical (unpaired) electrons. The lowest BCUT2D eigenvalue weighted by molar-refractivity contribution is -0.137. The number of halogens is 3. The summed E-state index contributed by atoms with van der Waals surface area (Å²) in [6.07, 6.45) is 0. The van der Waals surface area contributed by atoms with Crippen LogP contribution in [0.4, 0.5) is 4.39 Å². The molecule has 2 aromatic rings. The number of aromatic nitrogens is 2. The van der Waals surface area contributed by atoms with Crippen LogP contribution in [0.3, 0.4) is 0 Å². The zero-order chi connectivity index (χ0) is 18.2. The monoisotopic (exact) mass is 416 g/mol. The number of nitrogens with zero attached hydrogens (tertiary/aromatic N) is 2. The second-order valence-corrected chi connectivity index (χ2v) is 6.71. The molecule has 8 heteroatoms. The number of esters is 1. The quantitative estimate of drug-likeness (QED) is 0.562. The molecule has 0 fully saturated rings. The molecule has 0 aliphatic carbocycles. The molecule has 128 valence electrons. The van der Waals surface area contributed by atoms with E-state index in [-0.39, 0.29) is 32.1 Å². The normalized spacial score (nSPS) is 11.0. The molecule has 0 N–H and O–H groups in total. The van der Waals surface area contributed by atoms with E-state index in [0.717, 1.165) is 10.7 Å². The summed E-state index contributed by atoms with van der Waals surface area (Å²) in [6.45, 7) is 4.88. The number of carbonyl (C=O) groups is 1. The standard InChI is InChI=1S/C16H15BrClFN2O3/c1-7(2)16(23)24-14-8(3)20-21(4)15(22)12(14)11-10(19)6-5-9(18)13(11)17/h5-7H,1-4H3. The highest BCUT2D eigenvalue weighted by atomic mass is 79.9. The van der Waals surface area contributed by atoms with E-state index in [9.17, 15) is 14.0 Å². The Balaban J connectivity index is 2.85. The molecule has 1 aromatic heterocycles. The lowest BCUT2D eigenvalue weighted by Crippen LogP contribution is -2.26. The fraction of sp³-hybridized carbons (Fsp3) is 0.312. The molecule has 0 aliphatic rings. The molecule has 0 saturated heterocycles. The van der Waals surface area contributed by atoms with Gasteiger partial charge in [0.2, 0.25) is 0 Å². The van der Waals surface area contributed by atoms with E-state index < -0.39 is 23.3 Å². The van der Waals surface area contributed by atoms with Crippen molar-refractivity contribution in [3.05, 3.63) is 43.5 Å². The van der Waals surface area contributed by atoms with Crippen molar-refractivity contribution in [3.63, 3.8) is 0 Å². The van der Waals surface area contributed by atoms with E-state index in [4.69, 9.17) is 16.3 Å². The summed E-state index contributed by atoms with van der Waals surface area (Å²) in [4.78, 5) is 24.6. The van der Waals surface area contributed by atoms with E-state index in [1.807, 2.05) is 0 Å². The molecule has 0 atom stereocenters. The Bertz CT molecular complexity index is 881. The fourth-order valence-corrected chi connectivity index (χ4v) is 2.75. The van der Waals surface area contributed by atoms with Crippen LogP contribution in [-0.2, 0) is 11.8 Å². The maximum Gasteiger partial charge on any atom is 0.313 e. The Morgan fingerprint density at radius 2 is 2.00 bits per heavy atom. The molecule has 5 nitrogen and oxygen atoms in total. The first-order valence-electron chi connectivity index (χ1n) is 7.08. The van der Waals surface area contributed by atoms with E-state index in [1.54, 1.807) is 20.8 Å². The molecule has 0 spiro atoms. The predicted octanol–water partition coefficient (Wildman–Crippen LogP) is 3.87. The van der Waals surface area contributed by atoms with Crippen molar-refractivity contribution in [2.45, 2.75) is 20.8 Å². The van der Waals surface area contributed by atoms with Crippen LogP contribution in [-0.4, -0.2) is 15.7 Å². The maximum atomic E-state index is 14.4. The van der Waals surface area contributed by atoms with Gasteiger partial charge in [-0.2, -0.15) is 5.10 Å². The zero-order valence-electron chi connectivity index (χ0n) is 13.5. The molecule has 1 heterocycles. The van der Waals surface area contributed by atoms with Crippen molar-refractivity contribution in [3.8, 4) is 16.9 Å². The first kappa shape index (κ1) is 18.6. The molecule has 0 bridgehead atoms. The predicted molar refractivity (Wildman–Crippen MR) is 92.8 cm³/mol. The lowest BCUT2D eigenvalue weighted by Gasteiger charge is -2.16. The average molecular weight is 418 g/mol. The van der Waals surface area contributed by atoms with Gasteiger partial charge in [0.05, 0.1) is 16.5 Å². The zero-order valence-corrected chi connectivity index (χ0v) is 15.8. The summed E-state index contributed by atoms with van der Waals surface area (Å²) in [5.41, 5.74) is -0.493. The molecular weight excluding hydrogens is 403 g/mol. The van der Waals surface area contributed by atoms with E-state index in [2.05, 4.69) is 21.0 Å². The largest absolute Gasteiger partial charge is 0.423 e. The third-order valence-electron chi connectivity index (χ3n) is 3.33. The highest BCUT2D eigenvalue weighted by molar-refractivity contribution is 9.10. The van der Waals surface area contributed by atoms with Crippen LogP contribution < -0.4 is 10.3 Å². The minimum atomic E-state index is -0.671. The number of hydrogen-bond donors (Lipinski definition) is 0. The third-order valence-corrected chi connectivity index (χ3v) is 4.70. The topological polar surface area (TPSA) is 61.2 Å². The molecule has 0 aliphatic heterocycles. The summed E-state index contributed by atoms with van der Waals surface area (Å²) in [5, 5.41) is 4.24. The van der Waals surface area contributed by atoms with Crippen LogP contribution in [0.25, 0.3) is 11.1 Å². The van der Waals surface area contributed by atoms with E-state index in [1.165, 1.54) is 13.1 Å². The van der Waals surface area contributed by atoms with Crippen molar-refractivity contribution < 1.29 is 13.9 Å². The van der Waals surface area contributed by atoms with Gasteiger partial charge in [-0.05, 0) is 35.0 Å². The number of aryl methyl sites for hydroxylation is 2. The minimum absolute atomic E-state index is 0.0693. The smallest absolute Gasteiger partial charge is 0.313 e. The third kappa shape index (κ3) is 3.37. The van der Waals surface area contributed by atoms with Crippen LogP contribution >= 0.6 is 27.5 Å². The molecule has 2 rings (SSSR count). The van der Waals surface area contributed by atoms with Crippen LogP contribution in [0.1, 0.15) is 19.5 Å². The van der Waals surface area contributed by atoms with Gasteiger partial charge in [-0.1, -0.05) is 25.4 Å². The average Bonchev–Trinajstić information content (AvgIpc) is 2.51. The fourth-order valence-electron chi connectivity index (χ4n) is 2.08. The van der Waals surface area contributed by atoms with Crippen molar-refractivity contribution in [2.24, 2.45) is 13.0 Å². The summed E-state index contributed by atoms with van der Waals surface area (Å²) in [5.74, 6) is -1.71. The first-order chi connectivity index (χ1) is 11.1. The van der Waals surface area contributed by atoms with Gasteiger partial charge in [-0.15, -0.1) is 0 Å². The minimum Gasteiger partial charge on any atom is -0.423 e. The van der Waals surface area contributed by atoms with Crippen LogP contribution in [0.2, 0.25) is 5.02 Å². The summed E-state index contributed by atoms with van der Waals surface area (Å²) < 4.78 is 21.0. The highest BCUT2D eigenvalue weighted by Gasteiger charge is 2.25. The number of rotatable bonds is 3. The summed E-state index contributed by atoms with van der Waals surface area (Å²) >= 11 is 9.23. The Hall–Kier alpha value is -1.73. The van der Waals surface area contributed by atoms with E-state index >= 15 is 0 Å². The van der Waals surface area contributed by atoms with Gasteiger partial charge in [-0.25, -0.2) is 9.07 Å². The van der Waals surface area contributed by atoms with E-state index in [0.29, 0.717) is 0 Å². The number of ether oxygens (including phenoxy) is 1. The lowest BCUT2D eigenvalue weighted by atomic mass is 10.0. The Morgan fingerprint density at radius 1 is 1.38 bits per heavy atom. The van der Waals surface area contributed by atoms with Gasteiger partial charge in [0.15, 0.2) is 5.75 Å². The van der Waals surface area contributed by atoms with Crippen LogP contribution in [0.15, 0.2) is 21.4 Å². The Kier molecular flexibility index (Phi) is 5.45. The maximum absolute atomic E-state index is 14.4. The molecule has 0 amide bonds. The highest BCUT2D eigenvalue weighted by Crippen LogP contribution is 2.39. The first-order valence-corrected chi connectivity index (χ1v) is 8.25. The summed E-state index contributed by atoms with van der Waals surface area (Å²) in [7, 11) is 1.43. The number of benzene rings is 1. The SMILES string of the molecule is Cc1nn(C)c(=O)c(-c2c(F)ccc(Cl)c2Br)c1OC(=O)C(C)C. The second-order valence-electron chi connectivity index (χ2n) is 5.51. The van der Waals surface area contributed by atoms with Crippen molar-refractivity contribution in [1.82, 2.24) is 9.78 Å². The van der Waals surface area contributed by atoms with Gasteiger partial charge in [0, 0.05) is 17.1 Å². The van der Waals surface area contributed by atoms with Crippen molar-refractivity contribution >= 4 is 33.5 Å². The number of hydrogen-bond acceptors (Lipinski definition) is 4. The molecule has 0 saturated carbocycles. The van der Waals surface area contributed by atoms with Crippen molar-refractivity contribution in [1.29, 1.82) is 0 Å². The van der Waals surface area contributed by atoms with Crippen molar-refractivity contribution in [2.75, 3.05) is 0 Å². The Morgan fingerprint density at radius 3 is 2.58 bits per heavy atom. The molecular formula is C16H15BrClFN2O3. The van der Waals surface area contributed by atoms with Gasteiger partial charge in [-0.3, -0.25) is 9.59 Å². The van der Waals surface area contributed by atoms with Gasteiger partial charge in [0.25, 0.3) is 5.56 Å². The summed E-state index contributed by atoms with van der Waals surface area (Å²) in [6, 6.07) is 2.51. The molecule has 1 aromatic carbocycles. The molecule has 0 unspecified atom stereocenters. The van der Waals surface area contributed by atoms with Gasteiger partial charge >= 0.3 is 5.97 Å². The van der Waals surface area contributed by atoms with Crippen LogP contribution in [0, 0.1) is 18.7 Å². The van der Waals surface area contributed by atoms with Crippen LogP contribution in [0.5, 0.6) is 5.75 Å². The van der Waals surface area contributed by atoms with Gasteiger partial charge in [0.1, 0.15) is 11.5 Å². The molecule has 24 heavy (non-hydrogen) atoms. The Labute approximate surface area is 151 Å². The van der Waals surface area contributed by atoms with Gasteiger partial charge < -0.3 is 4.74 Å².